The van der Waals surface area contributed by atoms with Crippen LogP contribution < -0.4 is 10.5 Å². The summed E-state index contributed by atoms with van der Waals surface area (Å²) in [6, 6.07) is 5.07. The lowest BCUT2D eigenvalue weighted by atomic mass is 10.0. The van der Waals surface area contributed by atoms with E-state index in [-0.39, 0.29) is 24.3 Å². The second-order valence-electron chi connectivity index (χ2n) is 5.31. The third-order valence-corrected chi connectivity index (χ3v) is 3.64. The summed E-state index contributed by atoms with van der Waals surface area (Å²) in [5.74, 6) is 1.30. The van der Waals surface area contributed by atoms with E-state index in [0.717, 1.165) is 5.56 Å². The summed E-state index contributed by atoms with van der Waals surface area (Å²) in [5, 5.41) is 0. The number of nitrogens with two attached hydrogens (primary N) is 1. The molecule has 0 heterocycles. The standard InChI is InChI=1S/C14H18FNO.ClH/c15-12-6-5-11(14(16)10-3-4-10)7-13(12)17-8-9-1-2-9;/h5-7,9-10,14H,1-4,8,16H2;1H/t14-;/m1./s1. The summed E-state index contributed by atoms with van der Waals surface area (Å²) in [4.78, 5) is 0. The molecule has 4 heteroatoms. The summed E-state index contributed by atoms with van der Waals surface area (Å²) >= 11 is 0. The van der Waals surface area contributed by atoms with Gasteiger partial charge in [-0.3, -0.25) is 0 Å². The van der Waals surface area contributed by atoms with Crippen molar-refractivity contribution in [2.45, 2.75) is 31.7 Å². The predicted molar refractivity (Wildman–Crippen MR) is 71.5 cm³/mol. The van der Waals surface area contributed by atoms with Crippen LogP contribution in [0.5, 0.6) is 5.75 Å². The van der Waals surface area contributed by atoms with E-state index in [4.69, 9.17) is 10.5 Å². The van der Waals surface area contributed by atoms with Gasteiger partial charge in [-0.05, 0) is 55.2 Å². The molecule has 0 saturated heterocycles. The fourth-order valence-electron chi connectivity index (χ4n) is 2.06. The predicted octanol–water partition coefficient (Wildman–Crippen LogP) is 3.45. The summed E-state index contributed by atoms with van der Waals surface area (Å²) < 4.78 is 19.1. The van der Waals surface area contributed by atoms with Gasteiger partial charge < -0.3 is 10.5 Å². The zero-order valence-electron chi connectivity index (χ0n) is 10.3. The third kappa shape index (κ3) is 3.15. The van der Waals surface area contributed by atoms with Gasteiger partial charge in [0, 0.05) is 6.04 Å². The van der Waals surface area contributed by atoms with E-state index >= 15 is 0 Å². The topological polar surface area (TPSA) is 35.2 Å². The van der Waals surface area contributed by atoms with E-state index in [9.17, 15) is 4.39 Å². The number of hydrogen-bond donors (Lipinski definition) is 1. The van der Waals surface area contributed by atoms with Crippen LogP contribution in [0, 0.1) is 17.7 Å². The molecule has 0 aromatic heterocycles. The van der Waals surface area contributed by atoms with E-state index in [0.29, 0.717) is 24.2 Å². The minimum Gasteiger partial charge on any atom is -0.490 e. The Bertz CT molecular complexity index is 418. The fourth-order valence-corrected chi connectivity index (χ4v) is 2.06. The minimum absolute atomic E-state index is 0. The highest BCUT2D eigenvalue weighted by Gasteiger charge is 2.30. The van der Waals surface area contributed by atoms with Crippen LogP contribution >= 0.6 is 12.4 Å². The smallest absolute Gasteiger partial charge is 0.165 e. The summed E-state index contributed by atoms with van der Waals surface area (Å²) in [6.45, 7) is 0.638. The zero-order chi connectivity index (χ0) is 11.8. The number of halogens is 2. The largest absolute Gasteiger partial charge is 0.490 e. The van der Waals surface area contributed by atoms with Crippen LogP contribution in [0.4, 0.5) is 4.39 Å². The van der Waals surface area contributed by atoms with Gasteiger partial charge in [0.1, 0.15) is 0 Å². The first kappa shape index (κ1) is 13.6. The lowest BCUT2D eigenvalue weighted by molar-refractivity contribution is 0.284. The van der Waals surface area contributed by atoms with Crippen molar-refractivity contribution in [1.29, 1.82) is 0 Å². The highest BCUT2D eigenvalue weighted by molar-refractivity contribution is 5.85. The highest BCUT2D eigenvalue weighted by Crippen LogP contribution is 2.40. The van der Waals surface area contributed by atoms with Gasteiger partial charge in [-0.1, -0.05) is 6.07 Å². The van der Waals surface area contributed by atoms with Gasteiger partial charge in [0.15, 0.2) is 11.6 Å². The van der Waals surface area contributed by atoms with Crippen molar-refractivity contribution in [2.24, 2.45) is 17.6 Å². The molecular weight excluding hydrogens is 253 g/mol. The third-order valence-electron chi connectivity index (χ3n) is 3.64. The van der Waals surface area contributed by atoms with Crippen LogP contribution in [0.2, 0.25) is 0 Å². The molecular formula is C14H19ClFNO. The SMILES string of the molecule is Cl.N[C@@H](c1ccc(F)c(OCC2CC2)c1)C1CC1. The Morgan fingerprint density at radius 2 is 2.00 bits per heavy atom. The molecule has 2 aliphatic rings. The quantitative estimate of drug-likeness (QED) is 0.890. The molecule has 0 unspecified atom stereocenters. The van der Waals surface area contributed by atoms with Crippen molar-refractivity contribution in [3.8, 4) is 5.75 Å². The maximum atomic E-state index is 13.6. The monoisotopic (exact) mass is 271 g/mol. The van der Waals surface area contributed by atoms with Gasteiger partial charge in [0.25, 0.3) is 0 Å². The molecule has 0 bridgehead atoms. The van der Waals surface area contributed by atoms with Crippen molar-refractivity contribution in [1.82, 2.24) is 0 Å². The van der Waals surface area contributed by atoms with Crippen LogP contribution in [0.3, 0.4) is 0 Å². The number of hydrogen-bond acceptors (Lipinski definition) is 2. The van der Waals surface area contributed by atoms with E-state index in [1.165, 1.54) is 31.7 Å². The summed E-state index contributed by atoms with van der Waals surface area (Å²) in [7, 11) is 0. The summed E-state index contributed by atoms with van der Waals surface area (Å²) in [6.07, 6.45) is 4.80. The first-order chi connectivity index (χ1) is 8.24. The zero-order valence-corrected chi connectivity index (χ0v) is 11.1. The Labute approximate surface area is 113 Å². The molecule has 2 saturated carbocycles. The van der Waals surface area contributed by atoms with Gasteiger partial charge in [0.2, 0.25) is 0 Å². The number of rotatable bonds is 5. The van der Waals surface area contributed by atoms with E-state index in [1.807, 2.05) is 0 Å². The Balaban J connectivity index is 0.00000120. The van der Waals surface area contributed by atoms with E-state index in [2.05, 4.69) is 0 Å². The lowest BCUT2D eigenvalue weighted by Gasteiger charge is -2.13. The second kappa shape index (κ2) is 5.45. The molecule has 1 aromatic carbocycles. The summed E-state index contributed by atoms with van der Waals surface area (Å²) in [5.41, 5.74) is 7.11. The maximum Gasteiger partial charge on any atom is 0.165 e. The van der Waals surface area contributed by atoms with E-state index < -0.39 is 0 Å². The van der Waals surface area contributed by atoms with Crippen LogP contribution in [-0.2, 0) is 0 Å². The highest BCUT2D eigenvalue weighted by atomic mass is 35.5. The van der Waals surface area contributed by atoms with E-state index in [1.54, 1.807) is 12.1 Å². The van der Waals surface area contributed by atoms with Crippen LogP contribution in [-0.4, -0.2) is 6.61 Å². The van der Waals surface area contributed by atoms with Crippen molar-refractivity contribution < 1.29 is 9.13 Å². The Morgan fingerprint density at radius 3 is 2.61 bits per heavy atom. The first-order valence-electron chi connectivity index (χ1n) is 6.42. The molecule has 2 aliphatic carbocycles. The molecule has 100 valence electrons. The van der Waals surface area contributed by atoms with Crippen LogP contribution in [0.25, 0.3) is 0 Å². The maximum absolute atomic E-state index is 13.6. The normalized spacial score (nSPS) is 20.1. The molecule has 1 atom stereocenters. The van der Waals surface area contributed by atoms with Crippen molar-refractivity contribution >= 4 is 12.4 Å². The molecule has 1 aromatic rings. The molecule has 2 nitrogen and oxygen atoms in total. The first-order valence-corrected chi connectivity index (χ1v) is 6.42. The van der Waals surface area contributed by atoms with Gasteiger partial charge >= 0.3 is 0 Å². The molecule has 2 N–H and O–H groups in total. The molecule has 0 aliphatic heterocycles. The van der Waals surface area contributed by atoms with Crippen LogP contribution in [0.15, 0.2) is 18.2 Å². The van der Waals surface area contributed by atoms with Gasteiger partial charge in [-0.2, -0.15) is 0 Å². The second-order valence-corrected chi connectivity index (χ2v) is 5.31. The number of ether oxygens (including phenoxy) is 1. The van der Waals surface area contributed by atoms with Gasteiger partial charge in [-0.15, -0.1) is 12.4 Å². The molecule has 2 fully saturated rings. The molecule has 0 spiro atoms. The Kier molecular flexibility index (Phi) is 4.13. The molecule has 0 amide bonds. The molecule has 3 rings (SSSR count). The fraction of sp³-hybridized carbons (Fsp3) is 0.571. The van der Waals surface area contributed by atoms with Crippen molar-refractivity contribution in [3.63, 3.8) is 0 Å². The minimum atomic E-state index is -0.280. The Hall–Kier alpha value is -0.800. The van der Waals surface area contributed by atoms with Crippen molar-refractivity contribution in [2.75, 3.05) is 6.61 Å². The van der Waals surface area contributed by atoms with Crippen molar-refractivity contribution in [3.05, 3.63) is 29.6 Å². The van der Waals surface area contributed by atoms with Gasteiger partial charge in [-0.25, -0.2) is 4.39 Å². The number of benzene rings is 1. The van der Waals surface area contributed by atoms with Gasteiger partial charge in [0.05, 0.1) is 6.61 Å². The average molecular weight is 272 g/mol. The molecule has 18 heavy (non-hydrogen) atoms. The average Bonchev–Trinajstić information content (AvgIpc) is 3.18. The Morgan fingerprint density at radius 1 is 1.28 bits per heavy atom. The van der Waals surface area contributed by atoms with Crippen LogP contribution in [0.1, 0.15) is 37.3 Å². The molecule has 0 radical (unpaired) electrons. The lowest BCUT2D eigenvalue weighted by Crippen LogP contribution is -2.13.